The van der Waals surface area contributed by atoms with Crippen molar-refractivity contribution in [3.63, 3.8) is 0 Å². The number of para-hydroxylation sites is 1. The van der Waals surface area contributed by atoms with Gasteiger partial charge in [-0.05, 0) is 30.4 Å². The summed E-state index contributed by atoms with van der Waals surface area (Å²) in [6.45, 7) is 6.32. The number of hydrogen-bond donors (Lipinski definition) is 1. The zero-order chi connectivity index (χ0) is 18.7. The molecule has 0 aliphatic carbocycles. The topological polar surface area (TPSA) is 68.5 Å². The molecule has 7 heteroatoms. The van der Waals surface area contributed by atoms with Crippen molar-refractivity contribution >= 4 is 21.4 Å². The molecular weight excluding hydrogens is 348 g/mol. The van der Waals surface area contributed by atoms with Crippen molar-refractivity contribution in [2.24, 2.45) is 5.92 Å². The van der Waals surface area contributed by atoms with E-state index < -0.39 is 0 Å². The lowest BCUT2D eigenvalue weighted by Crippen LogP contribution is -2.28. The molecule has 0 radical (unpaired) electrons. The minimum atomic E-state index is -0.137. The van der Waals surface area contributed by atoms with Gasteiger partial charge in [0.15, 0.2) is 0 Å². The maximum atomic E-state index is 12.2. The zero-order valence-electron chi connectivity index (χ0n) is 15.5. The summed E-state index contributed by atoms with van der Waals surface area (Å²) in [4.78, 5) is 17.3. The van der Waals surface area contributed by atoms with Crippen molar-refractivity contribution in [2.45, 2.75) is 39.7 Å². The Morgan fingerprint density at radius 3 is 2.77 bits per heavy atom. The Kier molecular flexibility index (Phi) is 5.56. The van der Waals surface area contributed by atoms with Crippen LogP contribution in [0.25, 0.3) is 4.96 Å². The highest BCUT2D eigenvalue weighted by Gasteiger charge is 2.18. The number of benzene rings is 1. The molecule has 0 amide bonds. The average Bonchev–Trinajstić information content (AvgIpc) is 3.04. The first-order chi connectivity index (χ1) is 12.5. The Hall–Kier alpha value is -2.41. The van der Waals surface area contributed by atoms with Gasteiger partial charge in [-0.2, -0.15) is 4.52 Å². The molecule has 2 heterocycles. The third-order valence-corrected chi connectivity index (χ3v) is 5.25. The number of methoxy groups -OCH3 is 1. The minimum Gasteiger partial charge on any atom is -0.496 e. The first kappa shape index (κ1) is 18.4. The second-order valence-electron chi connectivity index (χ2n) is 6.55. The number of nitrogens with one attached hydrogen (secondary N) is 1. The first-order valence-corrected chi connectivity index (χ1v) is 9.61. The lowest BCUT2D eigenvalue weighted by molar-refractivity contribution is 0.405. The van der Waals surface area contributed by atoms with E-state index >= 15 is 0 Å². The number of hydrogen-bond acceptors (Lipinski definition) is 6. The van der Waals surface area contributed by atoms with Crippen molar-refractivity contribution < 1.29 is 4.74 Å². The van der Waals surface area contributed by atoms with E-state index in [9.17, 15) is 4.79 Å². The van der Waals surface area contributed by atoms with Gasteiger partial charge in [-0.1, -0.05) is 50.3 Å². The van der Waals surface area contributed by atoms with E-state index in [-0.39, 0.29) is 11.6 Å². The van der Waals surface area contributed by atoms with Crippen LogP contribution in [0.3, 0.4) is 0 Å². The summed E-state index contributed by atoms with van der Waals surface area (Å²) in [6, 6.07) is 9.74. The van der Waals surface area contributed by atoms with Gasteiger partial charge in [0.1, 0.15) is 5.75 Å². The lowest BCUT2D eigenvalue weighted by atomic mass is 9.96. The van der Waals surface area contributed by atoms with Crippen LogP contribution in [0.2, 0.25) is 0 Å². The van der Waals surface area contributed by atoms with Gasteiger partial charge in [-0.3, -0.25) is 4.79 Å². The second-order valence-corrected chi connectivity index (χ2v) is 7.51. The Morgan fingerprint density at radius 1 is 1.31 bits per heavy atom. The van der Waals surface area contributed by atoms with Gasteiger partial charge in [0.05, 0.1) is 7.11 Å². The molecule has 0 aliphatic heterocycles. The first-order valence-electron chi connectivity index (χ1n) is 8.80. The Balaban J connectivity index is 1.87. The fourth-order valence-corrected chi connectivity index (χ4v) is 3.70. The summed E-state index contributed by atoms with van der Waals surface area (Å²) in [6.07, 6.45) is 1.54. The molecule has 0 aliphatic rings. The molecule has 0 spiro atoms. The fraction of sp³-hybridized carbons (Fsp3) is 0.421. The SMILES string of the molecule is CCc1cc(=O)n2nc(NC(Cc3ccccc3OC)C(C)C)sc2n1. The van der Waals surface area contributed by atoms with Gasteiger partial charge < -0.3 is 10.1 Å². The van der Waals surface area contributed by atoms with Gasteiger partial charge in [-0.15, -0.1) is 5.10 Å². The molecule has 3 rings (SSSR count). The Bertz CT molecular complexity index is 948. The molecule has 1 unspecified atom stereocenters. The highest BCUT2D eigenvalue weighted by atomic mass is 32.1. The summed E-state index contributed by atoms with van der Waals surface area (Å²) >= 11 is 1.41. The second kappa shape index (κ2) is 7.86. The van der Waals surface area contributed by atoms with E-state index in [0.717, 1.165) is 29.8 Å². The molecule has 2 aromatic heterocycles. The lowest BCUT2D eigenvalue weighted by Gasteiger charge is -2.22. The summed E-state index contributed by atoms with van der Waals surface area (Å²) in [7, 11) is 1.69. The summed E-state index contributed by atoms with van der Waals surface area (Å²) < 4.78 is 6.84. The van der Waals surface area contributed by atoms with Crippen molar-refractivity contribution in [1.82, 2.24) is 14.6 Å². The van der Waals surface area contributed by atoms with Gasteiger partial charge in [-0.25, -0.2) is 4.98 Å². The van der Waals surface area contributed by atoms with E-state index in [1.165, 1.54) is 15.9 Å². The van der Waals surface area contributed by atoms with Gasteiger partial charge in [0.25, 0.3) is 5.56 Å². The van der Waals surface area contributed by atoms with Gasteiger partial charge in [0.2, 0.25) is 10.1 Å². The maximum Gasteiger partial charge on any atom is 0.275 e. The zero-order valence-corrected chi connectivity index (χ0v) is 16.3. The molecule has 6 nitrogen and oxygen atoms in total. The molecule has 0 saturated carbocycles. The van der Waals surface area contributed by atoms with Crippen LogP contribution in [0.5, 0.6) is 5.75 Å². The van der Waals surface area contributed by atoms with Crippen LogP contribution in [0.15, 0.2) is 35.1 Å². The summed E-state index contributed by atoms with van der Waals surface area (Å²) in [5.74, 6) is 1.26. The number of aromatic nitrogens is 3. The van der Waals surface area contributed by atoms with E-state index in [0.29, 0.717) is 16.0 Å². The monoisotopic (exact) mass is 372 g/mol. The number of fused-ring (bicyclic) bond motifs is 1. The molecule has 26 heavy (non-hydrogen) atoms. The predicted molar refractivity (Wildman–Crippen MR) is 105 cm³/mol. The Labute approximate surface area is 156 Å². The van der Waals surface area contributed by atoms with E-state index in [2.05, 4.69) is 35.3 Å². The standard InChI is InChI=1S/C19H24N4O2S/c1-5-14-11-17(24)23-19(20-14)26-18(22-23)21-15(12(2)3)10-13-8-6-7-9-16(13)25-4/h6-9,11-12,15H,5,10H2,1-4H3,(H,21,22). The molecule has 0 bridgehead atoms. The molecule has 1 atom stereocenters. The number of aryl methyl sites for hydroxylation is 1. The summed E-state index contributed by atoms with van der Waals surface area (Å²) in [5.41, 5.74) is 1.80. The quantitative estimate of drug-likeness (QED) is 0.688. The molecule has 0 saturated heterocycles. The largest absolute Gasteiger partial charge is 0.496 e. The van der Waals surface area contributed by atoms with E-state index in [1.807, 2.05) is 25.1 Å². The number of ether oxygens (including phenoxy) is 1. The highest BCUT2D eigenvalue weighted by Crippen LogP contribution is 2.25. The minimum absolute atomic E-state index is 0.137. The maximum absolute atomic E-state index is 12.2. The average molecular weight is 372 g/mol. The van der Waals surface area contributed by atoms with Crippen molar-refractivity contribution in [3.05, 3.63) is 51.9 Å². The van der Waals surface area contributed by atoms with Crippen LogP contribution in [-0.4, -0.2) is 27.7 Å². The molecule has 1 aromatic carbocycles. The fourth-order valence-electron chi connectivity index (χ4n) is 2.82. The number of rotatable bonds is 7. The third kappa shape index (κ3) is 3.88. The normalized spacial score (nSPS) is 12.5. The van der Waals surface area contributed by atoms with Crippen LogP contribution < -0.4 is 15.6 Å². The van der Waals surface area contributed by atoms with Crippen molar-refractivity contribution in [2.75, 3.05) is 12.4 Å². The van der Waals surface area contributed by atoms with Gasteiger partial charge in [0, 0.05) is 17.8 Å². The highest BCUT2D eigenvalue weighted by molar-refractivity contribution is 7.20. The summed E-state index contributed by atoms with van der Waals surface area (Å²) in [5, 5.41) is 8.60. The third-order valence-electron chi connectivity index (χ3n) is 4.41. The van der Waals surface area contributed by atoms with Crippen LogP contribution in [0.4, 0.5) is 5.13 Å². The number of nitrogens with zero attached hydrogens (tertiary/aromatic N) is 3. The molecule has 3 aromatic rings. The molecule has 1 N–H and O–H groups in total. The molecular formula is C19H24N4O2S. The Morgan fingerprint density at radius 2 is 2.08 bits per heavy atom. The van der Waals surface area contributed by atoms with Gasteiger partial charge >= 0.3 is 0 Å². The molecule has 0 fully saturated rings. The van der Waals surface area contributed by atoms with Crippen LogP contribution in [0.1, 0.15) is 32.0 Å². The van der Waals surface area contributed by atoms with Crippen LogP contribution >= 0.6 is 11.3 Å². The smallest absolute Gasteiger partial charge is 0.275 e. The van der Waals surface area contributed by atoms with Crippen molar-refractivity contribution in [3.8, 4) is 5.75 Å². The number of anilines is 1. The van der Waals surface area contributed by atoms with E-state index in [4.69, 9.17) is 4.74 Å². The van der Waals surface area contributed by atoms with Crippen molar-refractivity contribution in [1.29, 1.82) is 0 Å². The van der Waals surface area contributed by atoms with E-state index in [1.54, 1.807) is 13.2 Å². The molecule has 138 valence electrons. The van der Waals surface area contributed by atoms with Crippen LogP contribution in [0, 0.1) is 5.92 Å². The van der Waals surface area contributed by atoms with Crippen LogP contribution in [-0.2, 0) is 12.8 Å². The predicted octanol–water partition coefficient (Wildman–Crippen LogP) is 3.40.